The molecule has 1 N–H and O–H groups in total. The third-order valence-corrected chi connectivity index (χ3v) is 6.38. The van der Waals surface area contributed by atoms with E-state index in [1.165, 1.54) is 11.1 Å². The predicted molar refractivity (Wildman–Crippen MR) is 103 cm³/mol. The van der Waals surface area contributed by atoms with Gasteiger partial charge in [-0.05, 0) is 49.4 Å². The van der Waals surface area contributed by atoms with E-state index in [1.54, 1.807) is 0 Å². The van der Waals surface area contributed by atoms with Crippen LogP contribution in [0.15, 0.2) is 11.2 Å². The Morgan fingerprint density at radius 3 is 3.04 bits per heavy atom. The molecule has 1 saturated heterocycles. The monoisotopic (exact) mass is 401 g/mol. The molecule has 4 nitrogen and oxygen atoms in total. The van der Waals surface area contributed by atoms with Crippen LogP contribution >= 0.6 is 34.8 Å². The first kappa shape index (κ1) is 17.7. The maximum atomic E-state index is 6.66. The molecule has 3 unspecified atom stereocenters. The fraction of sp³-hybridized carbons (Fsp3) is 0.611. The van der Waals surface area contributed by atoms with Crippen LogP contribution in [0.1, 0.15) is 36.4 Å². The Morgan fingerprint density at radius 1 is 1.32 bits per heavy atom. The number of likely N-dealkylation sites (tertiary alicyclic amines) is 1. The zero-order chi connectivity index (χ0) is 17.4. The summed E-state index contributed by atoms with van der Waals surface area (Å²) in [5.74, 6) is 1.56. The van der Waals surface area contributed by atoms with Gasteiger partial charge in [0.15, 0.2) is 5.75 Å². The zero-order valence-corrected chi connectivity index (χ0v) is 16.2. The van der Waals surface area contributed by atoms with Crippen molar-refractivity contribution < 1.29 is 4.74 Å². The summed E-state index contributed by atoms with van der Waals surface area (Å²) in [5.41, 5.74) is 5.70. The van der Waals surface area contributed by atoms with E-state index >= 15 is 0 Å². The number of hydrazone groups is 1. The van der Waals surface area contributed by atoms with Crippen LogP contribution in [0, 0.1) is 5.92 Å². The van der Waals surface area contributed by atoms with E-state index in [2.05, 4.69) is 27.7 Å². The third kappa shape index (κ3) is 3.34. The minimum absolute atomic E-state index is 0.365. The number of piperidine rings is 1. The lowest BCUT2D eigenvalue weighted by Gasteiger charge is -2.41. The van der Waals surface area contributed by atoms with Gasteiger partial charge in [-0.25, -0.2) is 0 Å². The van der Waals surface area contributed by atoms with E-state index in [0.717, 1.165) is 38.8 Å². The van der Waals surface area contributed by atoms with Crippen molar-refractivity contribution in [2.24, 2.45) is 11.0 Å². The molecule has 0 aromatic heterocycles. The topological polar surface area (TPSA) is 36.9 Å². The van der Waals surface area contributed by atoms with Gasteiger partial charge in [-0.1, -0.05) is 23.2 Å². The number of fused-ring (bicyclic) bond motifs is 2. The summed E-state index contributed by atoms with van der Waals surface area (Å²) in [5, 5.41) is 5.49. The first-order valence-corrected chi connectivity index (χ1v) is 10.2. The van der Waals surface area contributed by atoms with Gasteiger partial charge in [-0.2, -0.15) is 5.10 Å². The Hall–Kier alpha value is -0.680. The van der Waals surface area contributed by atoms with E-state index in [-0.39, 0.29) is 0 Å². The molecule has 0 bridgehead atoms. The number of benzene rings is 1. The highest BCUT2D eigenvalue weighted by molar-refractivity contribution is 6.37. The molecule has 0 spiro atoms. The van der Waals surface area contributed by atoms with Crippen molar-refractivity contribution >= 4 is 41.0 Å². The molecule has 1 aliphatic carbocycles. The minimum atomic E-state index is 0.365. The van der Waals surface area contributed by atoms with Crippen molar-refractivity contribution in [1.29, 1.82) is 0 Å². The molecule has 3 atom stereocenters. The van der Waals surface area contributed by atoms with Crippen LogP contribution in [0.4, 0.5) is 0 Å². The molecule has 0 saturated carbocycles. The van der Waals surface area contributed by atoms with Crippen LogP contribution in [0.25, 0.3) is 0 Å². The Bertz CT molecular complexity index is 682. The largest absolute Gasteiger partial charge is 0.489 e. The van der Waals surface area contributed by atoms with E-state index in [1.807, 2.05) is 0 Å². The summed E-state index contributed by atoms with van der Waals surface area (Å²) in [6.45, 7) is 2.50. The van der Waals surface area contributed by atoms with Crippen molar-refractivity contribution in [3.63, 3.8) is 0 Å². The number of halogens is 3. The normalized spacial score (nSPS) is 28.4. The fourth-order valence-electron chi connectivity index (χ4n) is 4.32. The highest BCUT2D eigenvalue weighted by atomic mass is 35.5. The lowest BCUT2D eigenvalue weighted by molar-refractivity contribution is 0.116. The number of rotatable bonds is 4. The first-order chi connectivity index (χ1) is 12.2. The van der Waals surface area contributed by atoms with E-state index in [0.29, 0.717) is 46.3 Å². The van der Waals surface area contributed by atoms with Gasteiger partial charge >= 0.3 is 0 Å². The van der Waals surface area contributed by atoms with Crippen molar-refractivity contribution in [3.05, 3.63) is 27.2 Å². The summed E-state index contributed by atoms with van der Waals surface area (Å²) in [6, 6.07) is 2.85. The molecule has 25 heavy (non-hydrogen) atoms. The van der Waals surface area contributed by atoms with Gasteiger partial charge in [0.1, 0.15) is 6.61 Å². The van der Waals surface area contributed by atoms with E-state index in [4.69, 9.17) is 39.5 Å². The van der Waals surface area contributed by atoms with Gasteiger partial charge in [0.25, 0.3) is 0 Å². The summed E-state index contributed by atoms with van der Waals surface area (Å²) < 4.78 is 5.68. The molecule has 4 rings (SSSR count). The molecular weight excluding hydrogens is 381 g/mol. The third-order valence-electron chi connectivity index (χ3n) is 5.54. The summed E-state index contributed by atoms with van der Waals surface area (Å²) in [4.78, 5) is 2.56. The second kappa shape index (κ2) is 7.51. The van der Waals surface area contributed by atoms with Crippen LogP contribution < -0.4 is 10.2 Å². The second-order valence-corrected chi connectivity index (χ2v) is 8.14. The number of alkyl halides is 1. The van der Waals surface area contributed by atoms with Crippen molar-refractivity contribution in [2.45, 2.75) is 37.8 Å². The van der Waals surface area contributed by atoms with Crippen molar-refractivity contribution in [1.82, 2.24) is 10.3 Å². The predicted octanol–water partition coefficient (Wildman–Crippen LogP) is 4.27. The Kier molecular flexibility index (Phi) is 5.33. The van der Waals surface area contributed by atoms with E-state index < -0.39 is 0 Å². The van der Waals surface area contributed by atoms with Gasteiger partial charge in [0, 0.05) is 24.7 Å². The van der Waals surface area contributed by atoms with E-state index in [9.17, 15) is 0 Å². The fourth-order valence-corrected chi connectivity index (χ4v) is 5.07. The Balaban J connectivity index is 1.61. The van der Waals surface area contributed by atoms with Gasteiger partial charge in [0.05, 0.1) is 22.0 Å². The molecule has 3 aliphatic rings. The minimum Gasteiger partial charge on any atom is -0.489 e. The average Bonchev–Trinajstić information content (AvgIpc) is 3.09. The maximum Gasteiger partial charge on any atom is 0.156 e. The Labute approximate surface area is 163 Å². The van der Waals surface area contributed by atoms with Crippen molar-refractivity contribution in [3.8, 4) is 5.75 Å². The number of hydrogen-bond donors (Lipinski definition) is 1. The average molecular weight is 403 g/mol. The summed E-state index contributed by atoms with van der Waals surface area (Å²) >= 11 is 18.9. The van der Waals surface area contributed by atoms with Crippen LogP contribution in [-0.4, -0.2) is 42.7 Å². The highest BCUT2D eigenvalue weighted by Crippen LogP contribution is 2.45. The van der Waals surface area contributed by atoms with Gasteiger partial charge in [-0.3, -0.25) is 4.90 Å². The molecule has 0 radical (unpaired) electrons. The highest BCUT2D eigenvalue weighted by Gasteiger charge is 2.36. The molecule has 1 aromatic rings. The molecule has 0 amide bonds. The molecule has 7 heteroatoms. The lowest BCUT2D eigenvalue weighted by Crippen LogP contribution is -2.48. The molecule has 1 fully saturated rings. The van der Waals surface area contributed by atoms with Crippen LogP contribution in [0.5, 0.6) is 5.75 Å². The SMILES string of the molecule is ClCCOc1c(Cl)cc2c(c1Cl)CCCC2N1CCC2C=NNC2C1. The number of nitrogens with zero attached hydrogens (tertiary/aromatic N) is 2. The molecule has 2 aliphatic heterocycles. The standard InChI is InChI=1S/C18H22Cl3N3O/c19-5-7-25-18-14(20)8-13-12(17(18)21)2-1-3-16(13)24-6-4-11-9-22-23-15(11)10-24/h8-9,11,15-16,23H,1-7,10H2. The first-order valence-electron chi connectivity index (χ1n) is 8.91. The van der Waals surface area contributed by atoms with Gasteiger partial charge < -0.3 is 10.2 Å². The van der Waals surface area contributed by atoms with Crippen LogP contribution in [0.3, 0.4) is 0 Å². The maximum absolute atomic E-state index is 6.66. The van der Waals surface area contributed by atoms with Crippen LogP contribution in [0.2, 0.25) is 10.0 Å². The summed E-state index contributed by atoms with van der Waals surface area (Å²) in [7, 11) is 0. The van der Waals surface area contributed by atoms with Crippen LogP contribution in [-0.2, 0) is 6.42 Å². The zero-order valence-electron chi connectivity index (χ0n) is 14.0. The molecule has 1 aromatic carbocycles. The molecular formula is C18H22Cl3N3O. The molecule has 2 heterocycles. The number of hydrogen-bond acceptors (Lipinski definition) is 4. The Morgan fingerprint density at radius 2 is 2.20 bits per heavy atom. The molecule has 136 valence electrons. The van der Waals surface area contributed by atoms with Crippen molar-refractivity contribution in [2.75, 3.05) is 25.6 Å². The second-order valence-electron chi connectivity index (χ2n) is 6.98. The quantitative estimate of drug-likeness (QED) is 0.764. The summed E-state index contributed by atoms with van der Waals surface area (Å²) in [6.07, 6.45) is 6.44. The smallest absolute Gasteiger partial charge is 0.156 e. The lowest BCUT2D eigenvalue weighted by atomic mass is 9.84. The van der Waals surface area contributed by atoms with Gasteiger partial charge in [-0.15, -0.1) is 11.6 Å². The number of ether oxygens (including phenoxy) is 1. The number of nitrogens with one attached hydrogen (secondary N) is 1. The van der Waals surface area contributed by atoms with Gasteiger partial charge in [0.2, 0.25) is 0 Å².